The van der Waals surface area contributed by atoms with Crippen molar-refractivity contribution in [3.63, 3.8) is 0 Å². The zero-order chi connectivity index (χ0) is 19.7. The number of hydrogen-bond acceptors (Lipinski definition) is 7. The first kappa shape index (κ1) is 21.6. The second-order valence-corrected chi connectivity index (χ2v) is 6.73. The minimum absolute atomic E-state index is 0. The maximum atomic E-state index is 13.3. The largest absolute Gasteiger partial charge is 0.496 e. The SMILES string of the molecule is COc1cccc2c1C(=O)c1c(OC)c(CSC(=N)N)cc(OC)c1C2=O.Cl. The molecule has 28 heavy (non-hydrogen) atoms. The number of carbonyl (C=O) groups excluding carboxylic acids is 2. The summed E-state index contributed by atoms with van der Waals surface area (Å²) in [5.41, 5.74) is 6.80. The molecule has 9 heteroatoms. The Labute approximate surface area is 172 Å². The maximum absolute atomic E-state index is 13.3. The highest BCUT2D eigenvalue weighted by molar-refractivity contribution is 8.13. The van der Waals surface area contributed by atoms with Crippen LogP contribution in [0.2, 0.25) is 0 Å². The van der Waals surface area contributed by atoms with Crippen molar-refractivity contribution in [3.8, 4) is 17.2 Å². The van der Waals surface area contributed by atoms with Crippen molar-refractivity contribution in [3.05, 3.63) is 52.1 Å². The van der Waals surface area contributed by atoms with E-state index in [2.05, 4.69) is 0 Å². The lowest BCUT2D eigenvalue weighted by atomic mass is 9.81. The van der Waals surface area contributed by atoms with Gasteiger partial charge in [0.25, 0.3) is 0 Å². The molecule has 0 bridgehead atoms. The molecular weight excluding hydrogens is 404 g/mol. The number of nitrogens with one attached hydrogen (secondary N) is 1. The number of rotatable bonds is 5. The van der Waals surface area contributed by atoms with E-state index in [0.29, 0.717) is 17.1 Å². The number of ketones is 2. The molecule has 0 fully saturated rings. The molecule has 0 unspecified atom stereocenters. The molecule has 7 nitrogen and oxygen atoms in total. The first-order valence-electron chi connectivity index (χ1n) is 7.95. The van der Waals surface area contributed by atoms with Crippen LogP contribution in [0.1, 0.15) is 37.4 Å². The minimum atomic E-state index is -0.373. The fraction of sp³-hybridized carbons (Fsp3) is 0.211. The summed E-state index contributed by atoms with van der Waals surface area (Å²) in [6.45, 7) is 0. The van der Waals surface area contributed by atoms with Gasteiger partial charge in [-0.25, -0.2) is 0 Å². The van der Waals surface area contributed by atoms with Gasteiger partial charge in [-0.15, -0.1) is 12.4 Å². The van der Waals surface area contributed by atoms with E-state index < -0.39 is 0 Å². The predicted molar refractivity (Wildman–Crippen MR) is 110 cm³/mol. The van der Waals surface area contributed by atoms with Crippen molar-refractivity contribution < 1.29 is 23.8 Å². The zero-order valence-electron chi connectivity index (χ0n) is 15.5. The summed E-state index contributed by atoms with van der Waals surface area (Å²) in [6.07, 6.45) is 0. The first-order valence-corrected chi connectivity index (χ1v) is 8.94. The van der Waals surface area contributed by atoms with E-state index in [4.69, 9.17) is 25.4 Å². The van der Waals surface area contributed by atoms with Crippen LogP contribution >= 0.6 is 24.2 Å². The number of fused-ring (bicyclic) bond motifs is 2. The molecular formula is C19H19ClN2O5S. The smallest absolute Gasteiger partial charge is 0.202 e. The Bertz CT molecular complexity index is 977. The van der Waals surface area contributed by atoms with E-state index in [9.17, 15) is 9.59 Å². The summed E-state index contributed by atoms with van der Waals surface area (Å²) in [6, 6.07) is 6.53. The predicted octanol–water partition coefficient (Wildman–Crippen LogP) is 3.04. The zero-order valence-corrected chi connectivity index (χ0v) is 17.1. The Morgan fingerprint density at radius 3 is 2.25 bits per heavy atom. The van der Waals surface area contributed by atoms with Gasteiger partial charge in [0, 0.05) is 16.9 Å². The summed E-state index contributed by atoms with van der Waals surface area (Å²) in [5.74, 6) is 0.455. The maximum Gasteiger partial charge on any atom is 0.202 e. The molecule has 0 amide bonds. The Kier molecular flexibility index (Phi) is 6.58. The van der Waals surface area contributed by atoms with Gasteiger partial charge in [0.2, 0.25) is 5.78 Å². The van der Waals surface area contributed by atoms with Gasteiger partial charge < -0.3 is 19.9 Å². The molecule has 0 radical (unpaired) electrons. The van der Waals surface area contributed by atoms with Gasteiger partial charge in [0.1, 0.15) is 17.2 Å². The van der Waals surface area contributed by atoms with E-state index in [1.807, 2.05) is 0 Å². The summed E-state index contributed by atoms with van der Waals surface area (Å²) in [5, 5.41) is 7.34. The van der Waals surface area contributed by atoms with Crippen molar-refractivity contribution >= 4 is 40.9 Å². The molecule has 0 heterocycles. The number of thioether (sulfide) groups is 1. The van der Waals surface area contributed by atoms with Gasteiger partial charge in [0.15, 0.2) is 11.0 Å². The lowest BCUT2D eigenvalue weighted by Crippen LogP contribution is -2.24. The fourth-order valence-electron chi connectivity index (χ4n) is 3.18. The Hall–Kier alpha value is -2.71. The van der Waals surface area contributed by atoms with Gasteiger partial charge >= 0.3 is 0 Å². The molecule has 3 rings (SSSR count). The Morgan fingerprint density at radius 1 is 1.00 bits per heavy atom. The number of halogens is 1. The number of methoxy groups -OCH3 is 3. The van der Waals surface area contributed by atoms with Gasteiger partial charge in [0.05, 0.1) is 38.0 Å². The highest BCUT2D eigenvalue weighted by Crippen LogP contribution is 2.43. The van der Waals surface area contributed by atoms with E-state index in [1.54, 1.807) is 24.3 Å². The Balaban J connectivity index is 0.00000280. The van der Waals surface area contributed by atoms with Crippen LogP contribution in [0, 0.1) is 5.41 Å². The van der Waals surface area contributed by atoms with Gasteiger partial charge in [-0.1, -0.05) is 23.9 Å². The summed E-state index contributed by atoms with van der Waals surface area (Å²) in [7, 11) is 4.31. The normalized spacial score (nSPS) is 11.8. The molecule has 1 aliphatic carbocycles. The number of hydrogen-bond donors (Lipinski definition) is 2. The monoisotopic (exact) mass is 422 g/mol. The van der Waals surface area contributed by atoms with Crippen LogP contribution in [-0.4, -0.2) is 38.1 Å². The molecule has 2 aromatic carbocycles. The highest BCUT2D eigenvalue weighted by Gasteiger charge is 2.38. The van der Waals surface area contributed by atoms with E-state index in [0.717, 1.165) is 11.8 Å². The third-order valence-corrected chi connectivity index (χ3v) is 5.07. The van der Waals surface area contributed by atoms with Crippen LogP contribution in [0.3, 0.4) is 0 Å². The summed E-state index contributed by atoms with van der Waals surface area (Å²) < 4.78 is 16.2. The standard InChI is InChI=1S/C19H18N2O5S.ClH/c1-24-11-6-4-5-10-13(11)17(23)15-14(16(10)22)12(25-2)7-9(18(15)26-3)8-27-19(20)21;/h4-7H,8H2,1-3H3,(H3,20,21);1H. The van der Waals surface area contributed by atoms with Gasteiger partial charge in [-0.2, -0.15) is 0 Å². The highest BCUT2D eigenvalue weighted by atomic mass is 35.5. The second kappa shape index (κ2) is 8.53. The lowest BCUT2D eigenvalue weighted by molar-refractivity contribution is 0.0971. The quantitative estimate of drug-likeness (QED) is 0.480. The average Bonchev–Trinajstić information content (AvgIpc) is 2.68. The molecule has 0 aliphatic heterocycles. The van der Waals surface area contributed by atoms with Gasteiger partial charge in [-0.05, 0) is 12.1 Å². The van der Waals surface area contributed by atoms with Crippen molar-refractivity contribution in [2.75, 3.05) is 21.3 Å². The molecule has 0 saturated heterocycles. The van der Waals surface area contributed by atoms with Crippen LogP contribution in [0.5, 0.6) is 17.2 Å². The minimum Gasteiger partial charge on any atom is -0.496 e. The number of amidine groups is 1. The lowest BCUT2D eigenvalue weighted by Gasteiger charge is -2.24. The average molecular weight is 423 g/mol. The topological polar surface area (TPSA) is 112 Å². The third kappa shape index (κ3) is 3.41. The van der Waals surface area contributed by atoms with E-state index in [1.165, 1.54) is 21.3 Å². The van der Waals surface area contributed by atoms with Crippen LogP contribution in [0.25, 0.3) is 0 Å². The molecule has 0 saturated carbocycles. The molecule has 0 aromatic heterocycles. The van der Waals surface area contributed by atoms with Gasteiger partial charge in [-0.3, -0.25) is 15.0 Å². The van der Waals surface area contributed by atoms with Crippen LogP contribution in [0.4, 0.5) is 0 Å². The second-order valence-electron chi connectivity index (χ2n) is 5.72. The van der Waals surface area contributed by atoms with Crippen LogP contribution in [0.15, 0.2) is 24.3 Å². The molecule has 0 atom stereocenters. The molecule has 148 valence electrons. The summed E-state index contributed by atoms with van der Waals surface area (Å²) >= 11 is 1.08. The van der Waals surface area contributed by atoms with E-state index in [-0.39, 0.29) is 62.9 Å². The van der Waals surface area contributed by atoms with E-state index >= 15 is 0 Å². The van der Waals surface area contributed by atoms with Crippen LogP contribution < -0.4 is 19.9 Å². The van der Waals surface area contributed by atoms with Crippen molar-refractivity contribution in [2.45, 2.75) is 5.75 Å². The molecule has 1 aliphatic rings. The number of ether oxygens (including phenoxy) is 3. The molecule has 3 N–H and O–H groups in total. The fourth-order valence-corrected chi connectivity index (χ4v) is 3.70. The van der Waals surface area contributed by atoms with Crippen molar-refractivity contribution in [2.24, 2.45) is 5.73 Å². The first-order chi connectivity index (χ1) is 12.9. The van der Waals surface area contributed by atoms with Crippen molar-refractivity contribution in [1.29, 1.82) is 5.41 Å². The molecule has 0 spiro atoms. The summed E-state index contributed by atoms with van der Waals surface area (Å²) in [4.78, 5) is 26.5. The number of nitrogens with two attached hydrogens (primary N) is 1. The van der Waals surface area contributed by atoms with Crippen molar-refractivity contribution in [1.82, 2.24) is 0 Å². The number of carbonyl (C=O) groups is 2. The Morgan fingerprint density at radius 2 is 1.68 bits per heavy atom. The van der Waals surface area contributed by atoms with Crippen LogP contribution in [-0.2, 0) is 5.75 Å². The third-order valence-electron chi connectivity index (χ3n) is 4.30. The number of benzene rings is 2. The molecule has 2 aromatic rings.